The Bertz CT molecular complexity index is 842. The first kappa shape index (κ1) is 20.2. The molecule has 2 unspecified atom stereocenters. The number of furan rings is 1. The lowest BCUT2D eigenvalue weighted by atomic mass is 9.78. The van der Waals surface area contributed by atoms with Crippen LogP contribution in [0.4, 0.5) is 0 Å². The third-order valence-corrected chi connectivity index (χ3v) is 8.16. The molecule has 0 spiro atoms. The molecule has 2 atom stereocenters. The van der Waals surface area contributed by atoms with Crippen molar-refractivity contribution in [2.75, 3.05) is 12.3 Å². The number of hydrogen-bond acceptors (Lipinski definition) is 5. The second-order valence-electron chi connectivity index (χ2n) is 9.08. The normalized spacial score (nSPS) is 25.3. The van der Waals surface area contributed by atoms with Gasteiger partial charge in [-0.2, -0.15) is 0 Å². The van der Waals surface area contributed by atoms with Gasteiger partial charge in [-0.1, -0.05) is 43.9 Å². The van der Waals surface area contributed by atoms with Gasteiger partial charge in [0, 0.05) is 18.6 Å². The average Bonchev–Trinajstić information content (AvgIpc) is 3.47. The fourth-order valence-corrected chi connectivity index (χ4v) is 6.65. The zero-order chi connectivity index (χ0) is 20.3. The van der Waals surface area contributed by atoms with Crippen molar-refractivity contribution in [3.05, 3.63) is 18.4 Å². The molecule has 162 valence electrons. The third kappa shape index (κ3) is 4.05. The summed E-state index contributed by atoms with van der Waals surface area (Å²) in [6.45, 7) is 0.924. The summed E-state index contributed by atoms with van der Waals surface area (Å²) in [4.78, 5) is 15.4. The molecule has 30 heavy (non-hydrogen) atoms. The topological polar surface area (TPSA) is 64.2 Å². The van der Waals surface area contributed by atoms with Gasteiger partial charge in [-0.15, -0.1) is 10.2 Å². The fourth-order valence-electron chi connectivity index (χ4n) is 5.76. The molecule has 3 heterocycles. The Labute approximate surface area is 182 Å². The van der Waals surface area contributed by atoms with Crippen molar-refractivity contribution in [1.82, 2.24) is 19.7 Å². The first-order chi connectivity index (χ1) is 14.8. The summed E-state index contributed by atoms with van der Waals surface area (Å²) in [7, 11) is 0. The number of carbonyl (C=O) groups is 1. The van der Waals surface area contributed by atoms with Gasteiger partial charge < -0.3 is 9.32 Å². The molecule has 0 radical (unpaired) electrons. The summed E-state index contributed by atoms with van der Waals surface area (Å²) in [5.41, 5.74) is 0. The van der Waals surface area contributed by atoms with Crippen LogP contribution in [0.15, 0.2) is 28.0 Å². The Hall–Kier alpha value is -1.76. The Morgan fingerprint density at radius 1 is 1.03 bits per heavy atom. The molecule has 1 aliphatic heterocycles. The summed E-state index contributed by atoms with van der Waals surface area (Å²) < 4.78 is 7.88. The molecule has 0 N–H and O–H groups in total. The first-order valence-corrected chi connectivity index (χ1v) is 12.7. The van der Waals surface area contributed by atoms with Crippen molar-refractivity contribution in [3.63, 3.8) is 0 Å². The van der Waals surface area contributed by atoms with Crippen LogP contribution in [0, 0.1) is 5.92 Å². The van der Waals surface area contributed by atoms with Gasteiger partial charge >= 0.3 is 0 Å². The Kier molecular flexibility index (Phi) is 6.16. The predicted molar refractivity (Wildman–Crippen MR) is 117 cm³/mol. The van der Waals surface area contributed by atoms with Crippen molar-refractivity contribution >= 4 is 17.7 Å². The van der Waals surface area contributed by atoms with Crippen LogP contribution in [0.2, 0.25) is 0 Å². The number of carbonyl (C=O) groups excluding carboxylic acids is 1. The van der Waals surface area contributed by atoms with E-state index in [9.17, 15) is 4.79 Å². The van der Waals surface area contributed by atoms with E-state index in [0.29, 0.717) is 17.8 Å². The van der Waals surface area contributed by atoms with Gasteiger partial charge in [0.1, 0.15) is 0 Å². The summed E-state index contributed by atoms with van der Waals surface area (Å²) in [5, 5.41) is 9.81. The summed E-state index contributed by atoms with van der Waals surface area (Å²) >= 11 is 1.56. The van der Waals surface area contributed by atoms with Crippen molar-refractivity contribution in [2.24, 2.45) is 5.92 Å². The third-order valence-electron chi connectivity index (χ3n) is 7.23. The maximum absolute atomic E-state index is 13.2. The molecule has 1 amide bonds. The molecule has 2 aromatic heterocycles. The number of aromatic nitrogens is 3. The van der Waals surface area contributed by atoms with Crippen molar-refractivity contribution < 1.29 is 9.21 Å². The van der Waals surface area contributed by atoms with Gasteiger partial charge in [-0.05, 0) is 56.6 Å². The fraction of sp³-hybridized carbons (Fsp3) is 0.696. The highest BCUT2D eigenvalue weighted by atomic mass is 32.2. The van der Waals surface area contributed by atoms with E-state index >= 15 is 0 Å². The lowest BCUT2D eigenvalue weighted by Crippen LogP contribution is -2.50. The predicted octanol–water partition coefficient (Wildman–Crippen LogP) is 5.32. The molecule has 0 bridgehead atoms. The number of amides is 1. The highest BCUT2D eigenvalue weighted by molar-refractivity contribution is 7.99. The van der Waals surface area contributed by atoms with Crippen LogP contribution >= 0.6 is 11.8 Å². The van der Waals surface area contributed by atoms with Crippen LogP contribution in [-0.4, -0.2) is 43.9 Å². The lowest BCUT2D eigenvalue weighted by Gasteiger charge is -2.44. The summed E-state index contributed by atoms with van der Waals surface area (Å²) in [5.74, 6) is 3.00. The van der Waals surface area contributed by atoms with Crippen molar-refractivity contribution in [3.8, 4) is 11.6 Å². The van der Waals surface area contributed by atoms with E-state index in [4.69, 9.17) is 4.42 Å². The minimum Gasteiger partial charge on any atom is -0.461 e. The molecule has 7 heteroatoms. The number of likely N-dealkylation sites (tertiary alicyclic amines) is 1. The molecular formula is C23H32N4O2S. The van der Waals surface area contributed by atoms with E-state index in [1.165, 1.54) is 51.4 Å². The van der Waals surface area contributed by atoms with Gasteiger partial charge in [0.2, 0.25) is 11.7 Å². The van der Waals surface area contributed by atoms with Crippen LogP contribution in [0.25, 0.3) is 11.6 Å². The molecule has 2 aromatic rings. The van der Waals surface area contributed by atoms with Crippen molar-refractivity contribution in [2.45, 2.75) is 87.9 Å². The molecule has 5 rings (SSSR count). The molecule has 6 nitrogen and oxygen atoms in total. The van der Waals surface area contributed by atoms with E-state index in [0.717, 1.165) is 48.5 Å². The second-order valence-corrected chi connectivity index (χ2v) is 10.0. The zero-order valence-corrected chi connectivity index (χ0v) is 18.5. The highest BCUT2D eigenvalue weighted by Gasteiger charge is 2.35. The van der Waals surface area contributed by atoms with Gasteiger partial charge in [0.05, 0.1) is 12.0 Å². The van der Waals surface area contributed by atoms with Crippen LogP contribution in [0.5, 0.6) is 0 Å². The average molecular weight is 429 g/mol. The minimum absolute atomic E-state index is 0.273. The quantitative estimate of drug-likeness (QED) is 0.603. The van der Waals surface area contributed by atoms with E-state index in [1.54, 1.807) is 18.0 Å². The number of hydrogen-bond donors (Lipinski definition) is 0. The Morgan fingerprint density at radius 3 is 2.67 bits per heavy atom. The van der Waals surface area contributed by atoms with E-state index < -0.39 is 0 Å². The molecule has 2 saturated carbocycles. The molecule has 0 aromatic carbocycles. The second kappa shape index (κ2) is 9.16. The number of rotatable bonds is 5. The molecular weight excluding hydrogens is 396 g/mol. The number of fused-ring (bicyclic) bond motifs is 1. The van der Waals surface area contributed by atoms with Crippen LogP contribution in [0.1, 0.15) is 76.7 Å². The van der Waals surface area contributed by atoms with Gasteiger partial charge in [-0.25, -0.2) is 0 Å². The highest BCUT2D eigenvalue weighted by Crippen LogP contribution is 2.37. The summed E-state index contributed by atoms with van der Waals surface area (Å²) in [6.07, 6.45) is 15.3. The monoisotopic (exact) mass is 428 g/mol. The van der Waals surface area contributed by atoms with Crippen LogP contribution < -0.4 is 0 Å². The summed E-state index contributed by atoms with van der Waals surface area (Å²) in [6, 6.07) is 4.70. The first-order valence-electron chi connectivity index (χ1n) is 11.7. The van der Waals surface area contributed by atoms with Gasteiger partial charge in [0.25, 0.3) is 0 Å². The van der Waals surface area contributed by atoms with Crippen molar-refractivity contribution in [1.29, 1.82) is 0 Å². The largest absolute Gasteiger partial charge is 0.461 e. The van der Waals surface area contributed by atoms with Crippen LogP contribution in [0.3, 0.4) is 0 Å². The van der Waals surface area contributed by atoms with E-state index in [2.05, 4.69) is 19.7 Å². The molecule has 1 saturated heterocycles. The molecule has 2 aliphatic carbocycles. The number of piperidine rings is 1. The standard InChI is InChI=1S/C23H32N4O2S/c28-21(26-14-6-9-17-8-4-5-12-19(17)26)16-30-23-25-24-22(20-13-7-15-29-20)27(23)18-10-2-1-3-11-18/h7,13,15,17-19H,1-6,8-12,14,16H2. The van der Waals surface area contributed by atoms with Gasteiger partial charge in [0.15, 0.2) is 10.9 Å². The van der Waals surface area contributed by atoms with Gasteiger partial charge in [-0.3, -0.25) is 9.36 Å². The SMILES string of the molecule is O=C(CSc1nnc(-c2ccco2)n1C1CCCCC1)N1CCCC2CCCCC21. The number of nitrogens with zero attached hydrogens (tertiary/aromatic N) is 4. The Morgan fingerprint density at radius 2 is 1.83 bits per heavy atom. The minimum atomic E-state index is 0.273. The maximum atomic E-state index is 13.2. The maximum Gasteiger partial charge on any atom is 0.233 e. The number of thioether (sulfide) groups is 1. The lowest BCUT2D eigenvalue weighted by molar-refractivity contribution is -0.134. The van der Waals surface area contributed by atoms with Crippen LogP contribution in [-0.2, 0) is 4.79 Å². The zero-order valence-electron chi connectivity index (χ0n) is 17.7. The smallest absolute Gasteiger partial charge is 0.233 e. The van der Waals surface area contributed by atoms with E-state index in [1.807, 2.05) is 12.1 Å². The molecule has 3 aliphatic rings. The molecule has 3 fully saturated rings. The Balaban J connectivity index is 1.32. The van der Waals surface area contributed by atoms with E-state index in [-0.39, 0.29) is 5.91 Å².